The summed E-state index contributed by atoms with van der Waals surface area (Å²) in [7, 11) is 0. The summed E-state index contributed by atoms with van der Waals surface area (Å²) in [5.74, 6) is -0.165. The van der Waals surface area contributed by atoms with Crippen LogP contribution in [0.3, 0.4) is 0 Å². The van der Waals surface area contributed by atoms with Gasteiger partial charge in [0.2, 0.25) is 0 Å². The van der Waals surface area contributed by atoms with Crippen LogP contribution in [0.5, 0.6) is 0 Å². The predicted molar refractivity (Wildman–Crippen MR) is 80.2 cm³/mol. The Balaban J connectivity index is 2.34. The molecule has 0 fully saturated rings. The van der Waals surface area contributed by atoms with E-state index in [2.05, 4.69) is 26.2 Å². The molecule has 0 amide bonds. The number of nitrogens with one attached hydrogen (secondary N) is 1. The third-order valence-electron chi connectivity index (χ3n) is 3.17. The maximum Gasteiger partial charge on any atom is 0.419 e. The zero-order valence-corrected chi connectivity index (χ0v) is 13.1. The summed E-state index contributed by atoms with van der Waals surface area (Å²) in [5.41, 5.74) is 1.18. The van der Waals surface area contributed by atoms with Gasteiger partial charge in [-0.2, -0.15) is 13.2 Å². The van der Waals surface area contributed by atoms with Crippen molar-refractivity contribution in [1.29, 1.82) is 0 Å². The molecule has 21 heavy (non-hydrogen) atoms. The van der Waals surface area contributed by atoms with Crippen LogP contribution < -0.4 is 5.32 Å². The van der Waals surface area contributed by atoms with E-state index in [1.54, 1.807) is 0 Å². The fourth-order valence-electron chi connectivity index (χ4n) is 2.13. The number of hydrogen-bond acceptors (Lipinski definition) is 2. The molecule has 0 radical (unpaired) electrons. The summed E-state index contributed by atoms with van der Waals surface area (Å²) in [4.78, 5) is 3.86. The Hall–Kier alpha value is -1.56. The molecule has 0 aliphatic heterocycles. The molecule has 6 heteroatoms. The van der Waals surface area contributed by atoms with Gasteiger partial charge in [0.15, 0.2) is 0 Å². The first-order valence-corrected chi connectivity index (χ1v) is 7.13. The number of pyridine rings is 1. The van der Waals surface area contributed by atoms with Gasteiger partial charge in [-0.25, -0.2) is 4.98 Å². The number of anilines is 1. The highest BCUT2D eigenvalue weighted by Gasteiger charge is 2.35. The Morgan fingerprint density at radius 3 is 2.52 bits per heavy atom. The smallest absolute Gasteiger partial charge is 0.363 e. The van der Waals surface area contributed by atoms with Crippen LogP contribution in [0.2, 0.25) is 0 Å². The Morgan fingerprint density at radius 2 is 1.90 bits per heavy atom. The van der Waals surface area contributed by atoms with E-state index in [4.69, 9.17) is 0 Å². The number of alkyl halides is 3. The average Bonchev–Trinajstić information content (AvgIpc) is 2.40. The van der Waals surface area contributed by atoms with Crippen molar-refractivity contribution < 1.29 is 13.2 Å². The van der Waals surface area contributed by atoms with E-state index in [0.717, 1.165) is 17.2 Å². The topological polar surface area (TPSA) is 24.9 Å². The number of hydrogen-bond donors (Lipinski definition) is 1. The predicted octanol–water partition coefficient (Wildman–Crippen LogP) is 5.34. The highest BCUT2D eigenvalue weighted by molar-refractivity contribution is 9.10. The molecule has 0 saturated heterocycles. The number of nitrogens with zero attached hydrogens (tertiary/aromatic N) is 1. The lowest BCUT2D eigenvalue weighted by Crippen LogP contribution is -2.15. The van der Waals surface area contributed by atoms with Gasteiger partial charge < -0.3 is 5.32 Å². The van der Waals surface area contributed by atoms with Crippen LogP contribution in [0.1, 0.15) is 29.7 Å². The van der Waals surface area contributed by atoms with Crippen LogP contribution in [-0.2, 0) is 6.18 Å². The molecule has 2 rings (SSSR count). The molecule has 1 aromatic heterocycles. The second-order valence-electron chi connectivity index (χ2n) is 4.77. The van der Waals surface area contributed by atoms with E-state index < -0.39 is 11.7 Å². The minimum atomic E-state index is -4.45. The molecule has 2 nitrogen and oxygen atoms in total. The van der Waals surface area contributed by atoms with Crippen LogP contribution in [0.15, 0.2) is 41.0 Å². The normalized spacial score (nSPS) is 13.0. The van der Waals surface area contributed by atoms with E-state index in [0.29, 0.717) is 4.47 Å². The molecule has 1 N–H and O–H groups in total. The van der Waals surface area contributed by atoms with E-state index in [1.165, 1.54) is 6.20 Å². The lowest BCUT2D eigenvalue weighted by molar-refractivity contribution is -0.137. The maximum atomic E-state index is 13.1. The quantitative estimate of drug-likeness (QED) is 0.800. The molecule has 2 aromatic rings. The minimum absolute atomic E-state index is 0.165. The SMILES string of the molecule is Cc1ccccc1C(C)Nc1ncc(Br)cc1C(F)(F)F. The number of halogens is 4. The van der Waals surface area contributed by atoms with Gasteiger partial charge in [0.1, 0.15) is 5.82 Å². The number of benzene rings is 1. The summed E-state index contributed by atoms with van der Waals surface area (Å²) in [6.07, 6.45) is -3.10. The fourth-order valence-corrected chi connectivity index (χ4v) is 2.46. The fraction of sp³-hybridized carbons (Fsp3) is 0.267. The molecule has 1 aromatic carbocycles. The molecule has 0 saturated carbocycles. The molecule has 0 aliphatic carbocycles. The van der Waals surface area contributed by atoms with Gasteiger partial charge in [-0.1, -0.05) is 24.3 Å². The van der Waals surface area contributed by atoms with Crippen molar-refractivity contribution in [2.24, 2.45) is 0 Å². The van der Waals surface area contributed by atoms with E-state index in [-0.39, 0.29) is 11.9 Å². The van der Waals surface area contributed by atoms with Crippen LogP contribution in [0.4, 0.5) is 19.0 Å². The van der Waals surface area contributed by atoms with Gasteiger partial charge >= 0.3 is 6.18 Å². The minimum Gasteiger partial charge on any atom is -0.363 e. The zero-order chi connectivity index (χ0) is 15.6. The Morgan fingerprint density at radius 1 is 1.24 bits per heavy atom. The summed E-state index contributed by atoms with van der Waals surface area (Å²) in [6.45, 7) is 3.74. The molecule has 0 aliphatic rings. The van der Waals surface area contributed by atoms with Crippen molar-refractivity contribution in [2.45, 2.75) is 26.1 Å². The monoisotopic (exact) mass is 358 g/mol. The summed E-state index contributed by atoms with van der Waals surface area (Å²) in [5, 5.41) is 2.85. The summed E-state index contributed by atoms with van der Waals surface area (Å²) >= 11 is 3.02. The van der Waals surface area contributed by atoms with Gasteiger partial charge in [-0.05, 0) is 47.0 Å². The van der Waals surface area contributed by atoms with Crippen LogP contribution >= 0.6 is 15.9 Å². The van der Waals surface area contributed by atoms with Crippen molar-refractivity contribution in [3.05, 3.63) is 57.7 Å². The molecule has 1 atom stereocenters. The van der Waals surface area contributed by atoms with E-state index in [1.807, 2.05) is 38.1 Å². The van der Waals surface area contributed by atoms with Gasteiger partial charge in [-0.3, -0.25) is 0 Å². The highest BCUT2D eigenvalue weighted by Crippen LogP contribution is 2.36. The Kier molecular flexibility index (Phi) is 4.56. The Labute approximate surface area is 129 Å². The first-order valence-electron chi connectivity index (χ1n) is 6.34. The molecular weight excluding hydrogens is 345 g/mol. The van der Waals surface area contributed by atoms with Crippen LogP contribution in [0, 0.1) is 6.92 Å². The van der Waals surface area contributed by atoms with Crippen molar-refractivity contribution >= 4 is 21.7 Å². The first kappa shape index (κ1) is 15.8. The Bertz CT molecular complexity index is 641. The average molecular weight is 359 g/mol. The largest absolute Gasteiger partial charge is 0.419 e. The molecule has 1 heterocycles. The third kappa shape index (κ3) is 3.75. The third-order valence-corrected chi connectivity index (χ3v) is 3.60. The number of aryl methyl sites for hydroxylation is 1. The first-order chi connectivity index (χ1) is 9.79. The van der Waals surface area contributed by atoms with Gasteiger partial charge in [-0.15, -0.1) is 0 Å². The second kappa shape index (κ2) is 6.05. The van der Waals surface area contributed by atoms with Crippen molar-refractivity contribution in [2.75, 3.05) is 5.32 Å². The van der Waals surface area contributed by atoms with E-state index in [9.17, 15) is 13.2 Å². The van der Waals surface area contributed by atoms with Crippen molar-refractivity contribution in [3.63, 3.8) is 0 Å². The van der Waals surface area contributed by atoms with Gasteiger partial charge in [0.05, 0.1) is 11.6 Å². The maximum absolute atomic E-state index is 13.1. The summed E-state index contributed by atoms with van der Waals surface area (Å²) in [6, 6.07) is 8.32. The highest BCUT2D eigenvalue weighted by atomic mass is 79.9. The van der Waals surface area contributed by atoms with Gasteiger partial charge in [0.25, 0.3) is 0 Å². The van der Waals surface area contributed by atoms with Crippen LogP contribution in [-0.4, -0.2) is 4.98 Å². The molecule has 1 unspecified atom stereocenters. The number of rotatable bonds is 3. The lowest BCUT2D eigenvalue weighted by atomic mass is 10.0. The van der Waals surface area contributed by atoms with Gasteiger partial charge in [0, 0.05) is 10.7 Å². The molecular formula is C15H14BrF3N2. The van der Waals surface area contributed by atoms with Crippen molar-refractivity contribution in [3.8, 4) is 0 Å². The standard InChI is InChI=1S/C15H14BrF3N2/c1-9-5-3-4-6-12(9)10(2)21-14-13(15(17,18)19)7-11(16)8-20-14/h3-8,10H,1-2H3,(H,20,21). The van der Waals surface area contributed by atoms with Crippen LogP contribution in [0.25, 0.3) is 0 Å². The molecule has 0 spiro atoms. The van der Waals surface area contributed by atoms with E-state index >= 15 is 0 Å². The molecule has 0 bridgehead atoms. The number of aromatic nitrogens is 1. The zero-order valence-electron chi connectivity index (χ0n) is 11.5. The molecule has 112 valence electrons. The van der Waals surface area contributed by atoms with Crippen molar-refractivity contribution in [1.82, 2.24) is 4.98 Å². The summed E-state index contributed by atoms with van der Waals surface area (Å²) < 4.78 is 39.5. The second-order valence-corrected chi connectivity index (χ2v) is 5.69. The lowest BCUT2D eigenvalue weighted by Gasteiger charge is -2.20.